The van der Waals surface area contributed by atoms with E-state index in [2.05, 4.69) is 19.0 Å². The van der Waals surface area contributed by atoms with E-state index in [-0.39, 0.29) is 0 Å². The van der Waals surface area contributed by atoms with Crippen LogP contribution < -0.4 is 9.47 Å². The molecule has 1 aromatic carbocycles. The zero-order valence-corrected chi connectivity index (χ0v) is 11.3. The van der Waals surface area contributed by atoms with E-state index >= 15 is 0 Å². The summed E-state index contributed by atoms with van der Waals surface area (Å²) in [5, 5.41) is 0. The number of benzene rings is 1. The van der Waals surface area contributed by atoms with E-state index in [1.807, 2.05) is 25.1 Å². The Labute approximate surface area is 104 Å². The molecule has 0 N–H and O–H groups in total. The summed E-state index contributed by atoms with van der Waals surface area (Å²) in [5.74, 6) is 1.65. The number of rotatable bonds is 7. The van der Waals surface area contributed by atoms with Crippen molar-refractivity contribution in [3.05, 3.63) is 23.8 Å². The monoisotopic (exact) mass is 237 g/mol. The average Bonchev–Trinajstić information content (AvgIpc) is 2.29. The van der Waals surface area contributed by atoms with Crippen LogP contribution in [-0.4, -0.2) is 39.3 Å². The Morgan fingerprint density at radius 1 is 1.12 bits per heavy atom. The first kappa shape index (κ1) is 13.8. The second-order valence-electron chi connectivity index (χ2n) is 4.51. The normalized spacial score (nSPS) is 10.6. The molecule has 0 aliphatic rings. The molecule has 0 bridgehead atoms. The van der Waals surface area contributed by atoms with Crippen molar-refractivity contribution in [3.63, 3.8) is 0 Å². The number of unbranched alkanes of at least 4 members (excludes halogenated alkanes) is 1. The van der Waals surface area contributed by atoms with Crippen molar-refractivity contribution < 1.29 is 9.47 Å². The summed E-state index contributed by atoms with van der Waals surface area (Å²) in [6.07, 6.45) is 2.22. The molecule has 0 aliphatic heterocycles. The highest BCUT2D eigenvalue weighted by atomic mass is 16.5. The SMILES string of the molecule is COc1cc(C)ccc1OCCCCN(C)C. The molecule has 0 aliphatic carbocycles. The standard InChI is InChI=1S/C14H23NO2/c1-12-7-8-13(14(11-12)16-4)17-10-6-5-9-15(2)3/h7-8,11H,5-6,9-10H2,1-4H3. The van der Waals surface area contributed by atoms with Gasteiger partial charge in [-0.15, -0.1) is 0 Å². The topological polar surface area (TPSA) is 21.7 Å². The van der Waals surface area contributed by atoms with Crippen molar-refractivity contribution in [3.8, 4) is 11.5 Å². The highest BCUT2D eigenvalue weighted by Gasteiger charge is 2.03. The molecule has 1 aromatic rings. The fourth-order valence-electron chi connectivity index (χ4n) is 1.61. The highest BCUT2D eigenvalue weighted by Crippen LogP contribution is 2.27. The van der Waals surface area contributed by atoms with E-state index < -0.39 is 0 Å². The molecule has 17 heavy (non-hydrogen) atoms. The molecule has 0 saturated heterocycles. The molecule has 3 nitrogen and oxygen atoms in total. The lowest BCUT2D eigenvalue weighted by molar-refractivity contribution is 0.277. The van der Waals surface area contributed by atoms with Crippen LogP contribution >= 0.6 is 0 Å². The predicted molar refractivity (Wildman–Crippen MR) is 71.0 cm³/mol. The lowest BCUT2D eigenvalue weighted by atomic mass is 10.2. The third-order valence-electron chi connectivity index (χ3n) is 2.58. The second kappa shape index (κ2) is 7.17. The third-order valence-corrected chi connectivity index (χ3v) is 2.58. The molecule has 0 radical (unpaired) electrons. The van der Waals surface area contributed by atoms with Crippen LogP contribution in [0, 0.1) is 6.92 Å². The van der Waals surface area contributed by atoms with E-state index in [0.717, 1.165) is 37.5 Å². The molecule has 96 valence electrons. The first-order chi connectivity index (χ1) is 8.13. The van der Waals surface area contributed by atoms with Crippen molar-refractivity contribution in [1.29, 1.82) is 0 Å². The summed E-state index contributed by atoms with van der Waals surface area (Å²) >= 11 is 0. The van der Waals surface area contributed by atoms with Crippen molar-refractivity contribution in [2.45, 2.75) is 19.8 Å². The first-order valence-electron chi connectivity index (χ1n) is 6.05. The van der Waals surface area contributed by atoms with Gasteiger partial charge in [0.2, 0.25) is 0 Å². The smallest absolute Gasteiger partial charge is 0.161 e. The molecule has 0 atom stereocenters. The maximum atomic E-state index is 5.72. The Morgan fingerprint density at radius 2 is 1.88 bits per heavy atom. The summed E-state index contributed by atoms with van der Waals surface area (Å²) < 4.78 is 11.0. The van der Waals surface area contributed by atoms with Gasteiger partial charge in [-0.1, -0.05) is 6.07 Å². The molecule has 0 fully saturated rings. The summed E-state index contributed by atoms with van der Waals surface area (Å²) in [5.41, 5.74) is 1.18. The van der Waals surface area contributed by atoms with Crippen LogP contribution in [-0.2, 0) is 0 Å². The zero-order valence-electron chi connectivity index (χ0n) is 11.3. The molecular formula is C14H23NO2. The third kappa shape index (κ3) is 5.09. The number of ether oxygens (including phenoxy) is 2. The minimum Gasteiger partial charge on any atom is -0.493 e. The Kier molecular flexibility index (Phi) is 5.84. The average molecular weight is 237 g/mol. The van der Waals surface area contributed by atoms with Gasteiger partial charge in [0.05, 0.1) is 13.7 Å². The maximum Gasteiger partial charge on any atom is 0.161 e. The highest BCUT2D eigenvalue weighted by molar-refractivity contribution is 5.42. The largest absolute Gasteiger partial charge is 0.493 e. The molecule has 0 spiro atoms. The van der Waals surface area contributed by atoms with Gasteiger partial charge in [0, 0.05) is 0 Å². The molecule has 0 aromatic heterocycles. The first-order valence-corrected chi connectivity index (χ1v) is 6.05. The number of methoxy groups -OCH3 is 1. The fraction of sp³-hybridized carbons (Fsp3) is 0.571. The summed E-state index contributed by atoms with van der Waals surface area (Å²) in [6.45, 7) is 3.89. The number of nitrogens with zero attached hydrogens (tertiary/aromatic N) is 1. The van der Waals surface area contributed by atoms with E-state index in [1.165, 1.54) is 5.56 Å². The molecule has 0 unspecified atom stereocenters. The Bertz CT molecular complexity index is 337. The number of hydrogen-bond donors (Lipinski definition) is 0. The Balaban J connectivity index is 2.36. The maximum absolute atomic E-state index is 5.72. The van der Waals surface area contributed by atoms with Crippen LogP contribution in [0.2, 0.25) is 0 Å². The van der Waals surface area contributed by atoms with Crippen LogP contribution in [0.4, 0.5) is 0 Å². The van der Waals surface area contributed by atoms with E-state index in [1.54, 1.807) is 7.11 Å². The minimum atomic E-state index is 0.743. The lowest BCUT2D eigenvalue weighted by Gasteiger charge is -2.12. The van der Waals surface area contributed by atoms with Gasteiger partial charge in [-0.05, 0) is 58.1 Å². The van der Waals surface area contributed by atoms with E-state index in [9.17, 15) is 0 Å². The van der Waals surface area contributed by atoms with Crippen LogP contribution in [0.5, 0.6) is 11.5 Å². The van der Waals surface area contributed by atoms with Gasteiger partial charge in [0.25, 0.3) is 0 Å². The van der Waals surface area contributed by atoms with Gasteiger partial charge < -0.3 is 14.4 Å². The van der Waals surface area contributed by atoms with Gasteiger partial charge in [-0.2, -0.15) is 0 Å². The minimum absolute atomic E-state index is 0.743. The van der Waals surface area contributed by atoms with Gasteiger partial charge >= 0.3 is 0 Å². The van der Waals surface area contributed by atoms with Gasteiger partial charge in [0.15, 0.2) is 11.5 Å². The van der Waals surface area contributed by atoms with Crippen molar-refractivity contribution in [1.82, 2.24) is 4.90 Å². The zero-order chi connectivity index (χ0) is 12.7. The quantitative estimate of drug-likeness (QED) is 0.681. The number of hydrogen-bond acceptors (Lipinski definition) is 3. The molecule has 3 heteroatoms. The molecule has 0 heterocycles. The van der Waals surface area contributed by atoms with Crippen LogP contribution in [0.1, 0.15) is 18.4 Å². The van der Waals surface area contributed by atoms with Crippen LogP contribution in [0.25, 0.3) is 0 Å². The van der Waals surface area contributed by atoms with E-state index in [0.29, 0.717) is 0 Å². The Hall–Kier alpha value is -1.22. The summed E-state index contributed by atoms with van der Waals surface area (Å²) in [4.78, 5) is 2.19. The Morgan fingerprint density at radius 3 is 2.53 bits per heavy atom. The van der Waals surface area contributed by atoms with Crippen molar-refractivity contribution >= 4 is 0 Å². The van der Waals surface area contributed by atoms with Gasteiger partial charge in [0.1, 0.15) is 0 Å². The van der Waals surface area contributed by atoms with Crippen molar-refractivity contribution in [2.75, 3.05) is 34.4 Å². The van der Waals surface area contributed by atoms with Crippen molar-refractivity contribution in [2.24, 2.45) is 0 Å². The number of aryl methyl sites for hydroxylation is 1. The van der Waals surface area contributed by atoms with Crippen LogP contribution in [0.15, 0.2) is 18.2 Å². The molecule has 1 rings (SSSR count). The fourth-order valence-corrected chi connectivity index (χ4v) is 1.61. The van der Waals surface area contributed by atoms with Gasteiger partial charge in [-0.25, -0.2) is 0 Å². The summed E-state index contributed by atoms with van der Waals surface area (Å²) in [7, 11) is 5.85. The van der Waals surface area contributed by atoms with E-state index in [4.69, 9.17) is 9.47 Å². The molecular weight excluding hydrogens is 214 g/mol. The predicted octanol–water partition coefficient (Wildman–Crippen LogP) is 2.72. The second-order valence-corrected chi connectivity index (χ2v) is 4.51. The van der Waals surface area contributed by atoms with Crippen LogP contribution in [0.3, 0.4) is 0 Å². The molecule has 0 saturated carbocycles. The summed E-state index contributed by atoms with van der Waals surface area (Å²) in [6, 6.07) is 6.01. The van der Waals surface area contributed by atoms with Gasteiger partial charge in [-0.3, -0.25) is 0 Å². The lowest BCUT2D eigenvalue weighted by Crippen LogP contribution is -2.13. The molecule has 0 amide bonds.